The Hall–Kier alpha value is -1.00. The molecule has 0 saturated carbocycles. The van der Waals surface area contributed by atoms with E-state index in [9.17, 15) is 4.79 Å². The second-order valence-electron chi connectivity index (χ2n) is 4.60. The van der Waals surface area contributed by atoms with Gasteiger partial charge in [-0.3, -0.25) is 4.79 Å². The predicted octanol–water partition coefficient (Wildman–Crippen LogP) is 2.54. The zero-order valence-electron chi connectivity index (χ0n) is 10.6. The third kappa shape index (κ3) is 3.06. The van der Waals surface area contributed by atoms with Gasteiger partial charge in [0.1, 0.15) is 0 Å². The van der Waals surface area contributed by atoms with E-state index in [1.165, 1.54) is 19.1 Å². The molecule has 5 heteroatoms. The lowest BCUT2D eigenvalue weighted by Crippen LogP contribution is -2.45. The number of nitrogens with zero attached hydrogens (tertiary/aromatic N) is 1. The summed E-state index contributed by atoms with van der Waals surface area (Å²) in [5, 5.41) is 3.62. The Kier molecular flexibility index (Phi) is 4.66. The molecule has 18 heavy (non-hydrogen) atoms. The Bertz CT molecular complexity index is 399. The lowest BCUT2D eigenvalue weighted by molar-refractivity contribution is 0.0741. The second-order valence-corrected chi connectivity index (χ2v) is 4.94. The number of hydrogen-bond donors (Lipinski definition) is 1. The molecule has 1 unspecified atom stereocenters. The average molecular weight is 271 g/mol. The van der Waals surface area contributed by atoms with Crippen molar-refractivity contribution in [1.29, 1.82) is 0 Å². The van der Waals surface area contributed by atoms with Gasteiger partial charge < -0.3 is 14.6 Å². The van der Waals surface area contributed by atoms with Crippen molar-refractivity contribution in [3.05, 3.63) is 23.1 Å². The quantitative estimate of drug-likeness (QED) is 0.915. The van der Waals surface area contributed by atoms with Gasteiger partial charge in [-0.2, -0.15) is 0 Å². The monoisotopic (exact) mass is 270 g/mol. The summed E-state index contributed by atoms with van der Waals surface area (Å²) in [6, 6.07) is 2.02. The van der Waals surface area contributed by atoms with Crippen LogP contribution in [0.3, 0.4) is 0 Å². The zero-order chi connectivity index (χ0) is 13.0. The molecule has 1 N–H and O–H groups in total. The van der Waals surface area contributed by atoms with Crippen LogP contribution in [0.5, 0.6) is 0 Å². The van der Waals surface area contributed by atoms with Gasteiger partial charge >= 0.3 is 0 Å². The van der Waals surface area contributed by atoms with Crippen LogP contribution in [0.4, 0.5) is 0 Å². The molecule has 0 aromatic carbocycles. The summed E-state index contributed by atoms with van der Waals surface area (Å²) in [6.45, 7) is 4.44. The first-order valence-corrected chi connectivity index (χ1v) is 6.85. The molecule has 1 atom stereocenters. The van der Waals surface area contributed by atoms with Crippen LogP contribution in [0.15, 0.2) is 16.7 Å². The standard InChI is InChI=1S/C13H19ClN2O2/c1-2-16(9-10-5-3-4-7-15-10)13(17)11-6-8-18-12(11)14/h6,8,10,15H,2-5,7,9H2,1H3. The van der Waals surface area contributed by atoms with Crippen LogP contribution in [0.1, 0.15) is 36.5 Å². The van der Waals surface area contributed by atoms with Gasteiger partial charge in [-0.05, 0) is 44.0 Å². The van der Waals surface area contributed by atoms with E-state index >= 15 is 0 Å². The van der Waals surface area contributed by atoms with E-state index in [-0.39, 0.29) is 11.1 Å². The number of hydrogen-bond acceptors (Lipinski definition) is 3. The summed E-state index contributed by atoms with van der Waals surface area (Å²) < 4.78 is 4.97. The predicted molar refractivity (Wildman–Crippen MR) is 70.9 cm³/mol. The van der Waals surface area contributed by atoms with Crippen molar-refractivity contribution in [1.82, 2.24) is 10.2 Å². The zero-order valence-corrected chi connectivity index (χ0v) is 11.4. The van der Waals surface area contributed by atoms with E-state index in [0.717, 1.165) is 19.5 Å². The summed E-state index contributed by atoms with van der Waals surface area (Å²) in [6.07, 6.45) is 5.03. The Balaban J connectivity index is 1.99. The van der Waals surface area contributed by atoms with Crippen LogP contribution < -0.4 is 5.32 Å². The van der Waals surface area contributed by atoms with Gasteiger partial charge in [-0.15, -0.1) is 0 Å². The number of nitrogens with one attached hydrogen (secondary N) is 1. The lowest BCUT2D eigenvalue weighted by atomic mass is 10.0. The number of carbonyl (C=O) groups is 1. The number of piperidine rings is 1. The van der Waals surface area contributed by atoms with E-state index in [1.807, 2.05) is 11.8 Å². The van der Waals surface area contributed by atoms with E-state index < -0.39 is 0 Å². The number of likely N-dealkylation sites (N-methyl/N-ethyl adjacent to an activating group) is 1. The van der Waals surface area contributed by atoms with Gasteiger partial charge in [0.2, 0.25) is 5.22 Å². The first kappa shape index (κ1) is 13.4. The Labute approximate surface area is 112 Å². The fourth-order valence-corrected chi connectivity index (χ4v) is 2.51. The minimum Gasteiger partial charge on any atom is -0.452 e. The van der Waals surface area contributed by atoms with Crippen LogP contribution in [0.2, 0.25) is 5.22 Å². The van der Waals surface area contributed by atoms with Crippen molar-refractivity contribution in [2.45, 2.75) is 32.2 Å². The van der Waals surface area contributed by atoms with Crippen molar-refractivity contribution in [3.8, 4) is 0 Å². The van der Waals surface area contributed by atoms with Gasteiger partial charge in [-0.25, -0.2) is 0 Å². The first-order valence-electron chi connectivity index (χ1n) is 6.48. The summed E-state index contributed by atoms with van der Waals surface area (Å²) >= 11 is 5.85. The Morgan fingerprint density at radius 3 is 3.00 bits per heavy atom. The van der Waals surface area contributed by atoms with Crippen LogP contribution in [0.25, 0.3) is 0 Å². The molecule has 1 amide bonds. The molecular weight excluding hydrogens is 252 g/mol. The lowest BCUT2D eigenvalue weighted by Gasteiger charge is -2.29. The SMILES string of the molecule is CCN(CC1CCCCN1)C(=O)c1ccoc1Cl. The first-order chi connectivity index (χ1) is 8.72. The van der Waals surface area contributed by atoms with E-state index in [0.29, 0.717) is 18.2 Å². The Morgan fingerprint density at radius 1 is 1.61 bits per heavy atom. The Morgan fingerprint density at radius 2 is 2.44 bits per heavy atom. The van der Waals surface area contributed by atoms with Crippen LogP contribution in [-0.2, 0) is 0 Å². The van der Waals surface area contributed by atoms with Gasteiger partial charge in [0.25, 0.3) is 5.91 Å². The highest BCUT2D eigenvalue weighted by Crippen LogP contribution is 2.19. The van der Waals surface area contributed by atoms with Gasteiger partial charge in [0, 0.05) is 19.1 Å². The van der Waals surface area contributed by atoms with E-state index in [1.54, 1.807) is 6.07 Å². The highest BCUT2D eigenvalue weighted by Gasteiger charge is 2.23. The minimum atomic E-state index is -0.0522. The number of furan rings is 1. The molecule has 0 bridgehead atoms. The van der Waals surface area contributed by atoms with Gasteiger partial charge in [-0.1, -0.05) is 6.42 Å². The molecule has 4 nitrogen and oxygen atoms in total. The number of halogens is 1. The van der Waals surface area contributed by atoms with E-state index in [2.05, 4.69) is 5.32 Å². The molecular formula is C13H19ClN2O2. The minimum absolute atomic E-state index is 0.0522. The maximum Gasteiger partial charge on any atom is 0.258 e. The van der Waals surface area contributed by atoms with Crippen molar-refractivity contribution >= 4 is 17.5 Å². The molecule has 2 rings (SSSR count). The molecule has 1 aromatic heterocycles. The topological polar surface area (TPSA) is 45.5 Å². The average Bonchev–Trinajstić information content (AvgIpc) is 2.82. The fourth-order valence-electron chi connectivity index (χ4n) is 2.32. The van der Waals surface area contributed by atoms with E-state index in [4.69, 9.17) is 16.0 Å². The largest absolute Gasteiger partial charge is 0.452 e. The summed E-state index contributed by atoms with van der Waals surface area (Å²) in [4.78, 5) is 14.1. The molecule has 1 saturated heterocycles. The summed E-state index contributed by atoms with van der Waals surface area (Å²) in [5.41, 5.74) is 0.453. The third-order valence-corrected chi connectivity index (χ3v) is 3.66. The maximum atomic E-state index is 12.3. The molecule has 2 heterocycles. The van der Waals surface area contributed by atoms with Gasteiger partial charge in [0.05, 0.1) is 11.8 Å². The molecule has 1 aromatic rings. The molecule has 1 aliphatic heterocycles. The smallest absolute Gasteiger partial charge is 0.258 e. The molecule has 100 valence electrons. The van der Waals surface area contributed by atoms with Gasteiger partial charge in [0.15, 0.2) is 0 Å². The molecule has 1 aliphatic rings. The van der Waals surface area contributed by atoms with Crippen molar-refractivity contribution in [2.24, 2.45) is 0 Å². The number of carbonyl (C=O) groups excluding carboxylic acids is 1. The molecule has 1 fully saturated rings. The van der Waals surface area contributed by atoms with Crippen molar-refractivity contribution in [3.63, 3.8) is 0 Å². The number of rotatable bonds is 4. The molecule has 0 aliphatic carbocycles. The molecule has 0 radical (unpaired) electrons. The maximum absolute atomic E-state index is 12.3. The summed E-state index contributed by atoms with van der Waals surface area (Å²) in [5.74, 6) is -0.0522. The van der Waals surface area contributed by atoms with Crippen LogP contribution in [-0.4, -0.2) is 36.5 Å². The summed E-state index contributed by atoms with van der Waals surface area (Å²) in [7, 11) is 0. The third-order valence-electron chi connectivity index (χ3n) is 3.37. The van der Waals surface area contributed by atoms with Crippen LogP contribution >= 0.6 is 11.6 Å². The van der Waals surface area contributed by atoms with Crippen molar-refractivity contribution < 1.29 is 9.21 Å². The molecule has 0 spiro atoms. The number of amides is 1. The normalized spacial score (nSPS) is 19.8. The highest BCUT2D eigenvalue weighted by atomic mass is 35.5. The second kappa shape index (κ2) is 6.25. The van der Waals surface area contributed by atoms with Crippen molar-refractivity contribution in [2.75, 3.05) is 19.6 Å². The van der Waals surface area contributed by atoms with Crippen LogP contribution in [0, 0.1) is 0 Å². The fraction of sp³-hybridized carbons (Fsp3) is 0.615. The highest BCUT2D eigenvalue weighted by molar-refractivity contribution is 6.32.